The van der Waals surface area contributed by atoms with E-state index in [4.69, 9.17) is 14.2 Å². The maximum atomic E-state index is 13.5. The zero-order valence-electron chi connectivity index (χ0n) is 22.8. The number of ether oxygens (including phenoxy) is 3. The van der Waals surface area contributed by atoms with E-state index < -0.39 is 0 Å². The van der Waals surface area contributed by atoms with Gasteiger partial charge in [-0.1, -0.05) is 13.8 Å². The Morgan fingerprint density at radius 2 is 1.58 bits per heavy atom. The Hall–Kier alpha value is -4.04. The molecule has 200 valence electrons. The smallest absolute Gasteiger partial charge is 0.258 e. The zero-order valence-corrected chi connectivity index (χ0v) is 22.8. The normalized spacial score (nSPS) is 11.1. The predicted molar refractivity (Wildman–Crippen MR) is 153 cm³/mol. The SMILES string of the molecule is CCN(CC)CCOc1ccc(Nc2cc3c(cn2)cc(-c2cc(OC)cc(OC)c2)c(=O)n3CC)cc1. The zero-order chi connectivity index (χ0) is 27.1. The van der Waals surface area contributed by atoms with Gasteiger partial charge >= 0.3 is 0 Å². The Kier molecular flexibility index (Phi) is 8.86. The monoisotopic (exact) mass is 516 g/mol. The fourth-order valence-electron chi connectivity index (χ4n) is 4.44. The molecule has 0 amide bonds. The molecule has 4 aromatic rings. The number of anilines is 2. The largest absolute Gasteiger partial charge is 0.497 e. The Labute approximate surface area is 223 Å². The number of hydrogen-bond donors (Lipinski definition) is 1. The molecule has 4 rings (SSSR count). The topological polar surface area (TPSA) is 77.9 Å². The third kappa shape index (κ3) is 6.08. The van der Waals surface area contributed by atoms with E-state index in [1.54, 1.807) is 31.0 Å². The summed E-state index contributed by atoms with van der Waals surface area (Å²) in [6, 6.07) is 17.1. The van der Waals surface area contributed by atoms with Crippen LogP contribution in [0.3, 0.4) is 0 Å². The first kappa shape index (κ1) is 27.0. The number of nitrogens with one attached hydrogen (secondary N) is 1. The number of aromatic nitrogens is 2. The van der Waals surface area contributed by atoms with Gasteiger partial charge in [0.25, 0.3) is 5.56 Å². The second-order valence-electron chi connectivity index (χ2n) is 8.86. The minimum atomic E-state index is -0.0846. The number of likely N-dealkylation sites (N-methyl/N-ethyl adjacent to an activating group) is 1. The Balaban J connectivity index is 1.57. The van der Waals surface area contributed by atoms with E-state index in [0.717, 1.165) is 47.5 Å². The molecule has 0 bridgehead atoms. The lowest BCUT2D eigenvalue weighted by Gasteiger charge is -2.18. The second-order valence-corrected chi connectivity index (χ2v) is 8.86. The van der Waals surface area contributed by atoms with E-state index in [2.05, 4.69) is 29.0 Å². The van der Waals surface area contributed by atoms with E-state index in [9.17, 15) is 4.79 Å². The van der Waals surface area contributed by atoms with Gasteiger partial charge in [0.1, 0.15) is 29.7 Å². The number of methoxy groups -OCH3 is 2. The van der Waals surface area contributed by atoms with Crippen molar-refractivity contribution in [2.24, 2.45) is 0 Å². The summed E-state index contributed by atoms with van der Waals surface area (Å²) in [6.45, 7) is 10.4. The van der Waals surface area contributed by atoms with Gasteiger partial charge in [0.15, 0.2) is 0 Å². The maximum Gasteiger partial charge on any atom is 0.258 e. The molecule has 0 aliphatic carbocycles. The molecule has 0 atom stereocenters. The molecule has 0 saturated carbocycles. The number of benzene rings is 2. The lowest BCUT2D eigenvalue weighted by atomic mass is 10.0. The van der Waals surface area contributed by atoms with Crippen molar-refractivity contribution < 1.29 is 14.2 Å². The highest BCUT2D eigenvalue weighted by Crippen LogP contribution is 2.30. The first-order chi connectivity index (χ1) is 18.5. The van der Waals surface area contributed by atoms with Gasteiger partial charge in [-0.25, -0.2) is 4.98 Å². The van der Waals surface area contributed by atoms with Crippen molar-refractivity contribution in [2.75, 3.05) is 45.8 Å². The van der Waals surface area contributed by atoms with E-state index in [0.29, 0.717) is 36.0 Å². The van der Waals surface area contributed by atoms with Crippen LogP contribution >= 0.6 is 0 Å². The molecule has 0 unspecified atom stereocenters. The van der Waals surface area contributed by atoms with Gasteiger partial charge in [0, 0.05) is 48.1 Å². The van der Waals surface area contributed by atoms with Crippen molar-refractivity contribution in [3.05, 3.63) is 71.1 Å². The van der Waals surface area contributed by atoms with Crippen LogP contribution in [0.5, 0.6) is 17.2 Å². The number of aryl methyl sites for hydroxylation is 1. The lowest BCUT2D eigenvalue weighted by molar-refractivity contribution is 0.223. The van der Waals surface area contributed by atoms with Crippen LogP contribution in [0.25, 0.3) is 22.0 Å². The Morgan fingerprint density at radius 3 is 2.18 bits per heavy atom. The van der Waals surface area contributed by atoms with Crippen LogP contribution in [-0.4, -0.2) is 54.9 Å². The second kappa shape index (κ2) is 12.5. The highest BCUT2D eigenvalue weighted by molar-refractivity contribution is 5.86. The van der Waals surface area contributed by atoms with E-state index >= 15 is 0 Å². The van der Waals surface area contributed by atoms with Crippen LogP contribution in [-0.2, 0) is 6.54 Å². The van der Waals surface area contributed by atoms with E-state index in [1.807, 2.05) is 55.5 Å². The molecule has 38 heavy (non-hydrogen) atoms. The molecule has 0 spiro atoms. The van der Waals surface area contributed by atoms with Gasteiger partial charge in [-0.2, -0.15) is 0 Å². The van der Waals surface area contributed by atoms with Gasteiger partial charge < -0.3 is 29.0 Å². The average molecular weight is 517 g/mol. The average Bonchev–Trinajstić information content (AvgIpc) is 2.95. The van der Waals surface area contributed by atoms with Crippen molar-refractivity contribution in [3.8, 4) is 28.4 Å². The molecule has 2 heterocycles. The summed E-state index contributed by atoms with van der Waals surface area (Å²) >= 11 is 0. The number of pyridine rings is 2. The molecule has 8 heteroatoms. The van der Waals surface area contributed by atoms with Crippen LogP contribution in [0, 0.1) is 0 Å². The summed E-state index contributed by atoms with van der Waals surface area (Å²) in [5.41, 5.74) is 2.91. The molecule has 0 radical (unpaired) electrons. The number of nitrogens with zero attached hydrogens (tertiary/aromatic N) is 3. The summed E-state index contributed by atoms with van der Waals surface area (Å²) in [5.74, 6) is 2.74. The summed E-state index contributed by atoms with van der Waals surface area (Å²) in [5, 5.41) is 4.21. The molecule has 0 aliphatic heterocycles. The Bertz CT molecular complexity index is 1410. The fraction of sp³-hybridized carbons (Fsp3) is 0.333. The molecular formula is C30H36N4O4. The number of rotatable bonds is 12. The minimum Gasteiger partial charge on any atom is -0.497 e. The predicted octanol–water partition coefficient (Wildman–Crippen LogP) is 5.56. The standard InChI is InChI=1S/C30H36N4O4/c1-6-33(7-2)13-14-38-24-11-9-23(10-12-24)32-29-19-28-22(20-31-29)17-27(30(35)34(28)8-3)21-15-25(36-4)18-26(16-21)37-5/h9-12,15-20H,6-8,13-14H2,1-5H3,(H,31,32). The lowest BCUT2D eigenvalue weighted by Crippen LogP contribution is -2.27. The summed E-state index contributed by atoms with van der Waals surface area (Å²) in [4.78, 5) is 20.4. The van der Waals surface area contributed by atoms with Crippen LogP contribution in [0.4, 0.5) is 11.5 Å². The third-order valence-electron chi connectivity index (χ3n) is 6.65. The molecular weight excluding hydrogens is 480 g/mol. The highest BCUT2D eigenvalue weighted by atomic mass is 16.5. The van der Waals surface area contributed by atoms with E-state index in [1.165, 1.54) is 0 Å². The van der Waals surface area contributed by atoms with Crippen molar-refractivity contribution in [1.29, 1.82) is 0 Å². The van der Waals surface area contributed by atoms with Gasteiger partial charge in [0.2, 0.25) is 0 Å². The van der Waals surface area contributed by atoms with Crippen molar-refractivity contribution in [3.63, 3.8) is 0 Å². The van der Waals surface area contributed by atoms with Crippen molar-refractivity contribution in [2.45, 2.75) is 27.3 Å². The Morgan fingerprint density at radius 1 is 0.895 bits per heavy atom. The molecule has 1 N–H and O–H groups in total. The minimum absolute atomic E-state index is 0.0846. The maximum absolute atomic E-state index is 13.5. The van der Waals surface area contributed by atoms with Gasteiger partial charge in [-0.15, -0.1) is 0 Å². The molecule has 2 aromatic heterocycles. The number of hydrogen-bond acceptors (Lipinski definition) is 7. The summed E-state index contributed by atoms with van der Waals surface area (Å²) in [6.07, 6.45) is 1.79. The first-order valence-corrected chi connectivity index (χ1v) is 13.0. The fourth-order valence-corrected chi connectivity index (χ4v) is 4.44. The molecule has 0 fully saturated rings. The molecule has 0 saturated heterocycles. The third-order valence-corrected chi connectivity index (χ3v) is 6.65. The molecule has 8 nitrogen and oxygen atoms in total. The number of fused-ring (bicyclic) bond motifs is 1. The van der Waals surface area contributed by atoms with Crippen LogP contribution in [0.2, 0.25) is 0 Å². The molecule has 0 aliphatic rings. The van der Waals surface area contributed by atoms with Gasteiger partial charge in [0.05, 0.1) is 19.7 Å². The summed E-state index contributed by atoms with van der Waals surface area (Å²) in [7, 11) is 3.19. The first-order valence-electron chi connectivity index (χ1n) is 13.0. The van der Waals surface area contributed by atoms with Crippen LogP contribution < -0.4 is 25.1 Å². The quantitative estimate of drug-likeness (QED) is 0.264. The van der Waals surface area contributed by atoms with Crippen LogP contribution in [0.15, 0.2) is 65.6 Å². The van der Waals surface area contributed by atoms with Crippen LogP contribution in [0.1, 0.15) is 20.8 Å². The van der Waals surface area contributed by atoms with Crippen molar-refractivity contribution >= 4 is 22.4 Å². The van der Waals surface area contributed by atoms with Crippen molar-refractivity contribution in [1.82, 2.24) is 14.5 Å². The molecule has 2 aromatic carbocycles. The highest BCUT2D eigenvalue weighted by Gasteiger charge is 2.14. The van der Waals surface area contributed by atoms with Gasteiger partial charge in [-0.05, 0) is 68.0 Å². The van der Waals surface area contributed by atoms with E-state index in [-0.39, 0.29) is 5.56 Å². The summed E-state index contributed by atoms with van der Waals surface area (Å²) < 4.78 is 18.4. The van der Waals surface area contributed by atoms with Gasteiger partial charge in [-0.3, -0.25) is 4.79 Å².